The molecule has 0 spiro atoms. The van der Waals surface area contributed by atoms with E-state index in [1.807, 2.05) is 54.6 Å². The van der Waals surface area contributed by atoms with Gasteiger partial charge in [0.1, 0.15) is 5.82 Å². The fourth-order valence-electron chi connectivity index (χ4n) is 4.79. The van der Waals surface area contributed by atoms with E-state index in [2.05, 4.69) is 4.98 Å². The van der Waals surface area contributed by atoms with Crippen LogP contribution in [0.3, 0.4) is 0 Å². The molecule has 2 heterocycles. The molecule has 1 saturated carbocycles. The molecule has 7 nitrogen and oxygen atoms in total. The summed E-state index contributed by atoms with van der Waals surface area (Å²) < 4.78 is 25.6. The van der Waals surface area contributed by atoms with Crippen molar-refractivity contribution in [3.05, 3.63) is 107 Å². The molecule has 2 aromatic heterocycles. The number of rotatable bonds is 9. The predicted molar refractivity (Wildman–Crippen MR) is 155 cm³/mol. The number of carboxylic acid groups (broad SMARTS) is 1. The van der Waals surface area contributed by atoms with E-state index < -0.39 is 17.3 Å². The van der Waals surface area contributed by atoms with E-state index >= 15 is 0 Å². The summed E-state index contributed by atoms with van der Waals surface area (Å²) >= 11 is -0.0658. The molecule has 3 aromatic carbocycles. The largest absolute Gasteiger partial charge is 0.476 e. The fraction of sp³-hybridized carbons (Fsp3) is 0.167. The number of hydrogen-bond donors (Lipinski definition) is 3. The minimum absolute atomic E-state index is 0.0131. The Hall–Kier alpha value is -3.83. The Morgan fingerprint density at radius 2 is 1.75 bits per heavy atom. The first-order chi connectivity index (χ1) is 19.4. The van der Waals surface area contributed by atoms with Gasteiger partial charge in [0.25, 0.3) is 11.4 Å². The van der Waals surface area contributed by atoms with Crippen LogP contribution in [0, 0.1) is 11.7 Å². The lowest BCUT2D eigenvalue weighted by atomic mass is 9.95. The van der Waals surface area contributed by atoms with Gasteiger partial charge in [-0.05, 0) is 72.2 Å². The van der Waals surface area contributed by atoms with E-state index in [0.29, 0.717) is 22.4 Å². The van der Waals surface area contributed by atoms with Crippen LogP contribution in [0.4, 0.5) is 4.39 Å². The topological polar surface area (TPSA) is 114 Å². The van der Waals surface area contributed by atoms with Gasteiger partial charge in [-0.1, -0.05) is 42.5 Å². The zero-order valence-corrected chi connectivity index (χ0v) is 23.0. The average molecular weight is 574 g/mol. The molecule has 1 fully saturated rings. The number of aromatic nitrogens is 3. The lowest BCUT2D eigenvalue weighted by molar-refractivity contribution is 0.0691. The van der Waals surface area contributed by atoms with Gasteiger partial charge >= 0.3 is 5.97 Å². The highest BCUT2D eigenvalue weighted by atomic mass is 32.2. The van der Waals surface area contributed by atoms with Crippen molar-refractivity contribution in [2.75, 3.05) is 0 Å². The second-order valence-electron chi connectivity index (χ2n) is 9.88. The van der Waals surface area contributed by atoms with Gasteiger partial charge in [0.15, 0.2) is 5.69 Å². The van der Waals surface area contributed by atoms with Crippen molar-refractivity contribution < 1.29 is 18.8 Å². The Morgan fingerprint density at radius 1 is 1.05 bits per heavy atom. The van der Waals surface area contributed by atoms with Crippen molar-refractivity contribution in [1.82, 2.24) is 14.8 Å². The third kappa shape index (κ3) is 5.57. The van der Waals surface area contributed by atoms with Crippen LogP contribution in [0.5, 0.6) is 0 Å². The Bertz CT molecular complexity index is 1690. The average Bonchev–Trinajstić information content (AvgIpc) is 3.51. The molecule has 10 heteroatoms. The fourth-order valence-corrected chi connectivity index (χ4v) is 5.98. The number of nitrogens with zero attached hydrogens (tertiary/aromatic N) is 3. The number of carboxylic acids is 1. The molecule has 0 bridgehead atoms. The highest BCUT2D eigenvalue weighted by Crippen LogP contribution is 2.38. The number of benzene rings is 3. The highest BCUT2D eigenvalue weighted by molar-refractivity contribution is 7.89. The zero-order valence-electron chi connectivity index (χ0n) is 21.3. The number of hydrogen-bond acceptors (Lipinski definition) is 6. The lowest BCUT2D eigenvalue weighted by Gasteiger charge is -2.09. The Morgan fingerprint density at radius 3 is 2.40 bits per heavy atom. The van der Waals surface area contributed by atoms with E-state index in [4.69, 9.17) is 10.2 Å². The smallest absolute Gasteiger partial charge is 0.355 e. The quantitative estimate of drug-likeness (QED) is 0.177. The third-order valence-corrected chi connectivity index (χ3v) is 8.57. The van der Waals surface area contributed by atoms with Crippen LogP contribution in [0.15, 0.2) is 83.1 Å². The van der Waals surface area contributed by atoms with Crippen molar-refractivity contribution in [3.8, 4) is 27.5 Å². The summed E-state index contributed by atoms with van der Waals surface area (Å²) in [7, 11) is 0. The summed E-state index contributed by atoms with van der Waals surface area (Å²) in [5.41, 5.74) is 6.32. The molecule has 202 valence electrons. The first-order valence-corrected chi connectivity index (χ1v) is 14.9. The monoisotopic (exact) mass is 573 g/mol. The third-order valence-electron chi connectivity index (χ3n) is 7.00. The first-order valence-electron chi connectivity index (χ1n) is 12.8. The summed E-state index contributed by atoms with van der Waals surface area (Å²) in [5, 5.41) is 22.2. The molecule has 0 saturated heterocycles. The minimum Gasteiger partial charge on any atom is -0.476 e. The summed E-state index contributed by atoms with van der Waals surface area (Å²) in [5.74, 6) is -0.843. The van der Waals surface area contributed by atoms with Crippen LogP contribution in [0.2, 0.25) is 0 Å². The molecule has 0 amide bonds. The summed E-state index contributed by atoms with van der Waals surface area (Å²) in [6.45, 7) is 0. The van der Waals surface area contributed by atoms with Crippen LogP contribution in [-0.4, -0.2) is 30.4 Å². The molecular formula is C30H26FN4O3S2+. The van der Waals surface area contributed by atoms with E-state index in [1.165, 1.54) is 28.8 Å². The zero-order chi connectivity index (χ0) is 27.8. The van der Waals surface area contributed by atoms with Crippen LogP contribution in [-0.2, 0) is 24.2 Å². The van der Waals surface area contributed by atoms with Crippen LogP contribution >= 0.6 is 11.3 Å². The molecule has 0 aliphatic heterocycles. The molecule has 4 N–H and O–H groups in total. The van der Waals surface area contributed by atoms with Gasteiger partial charge in [0.2, 0.25) is 10.0 Å². The maximum atomic E-state index is 14.0. The van der Waals surface area contributed by atoms with Gasteiger partial charge in [0.05, 0.1) is 11.4 Å². The van der Waals surface area contributed by atoms with E-state index in [1.54, 1.807) is 10.7 Å². The van der Waals surface area contributed by atoms with Crippen molar-refractivity contribution in [2.45, 2.75) is 30.6 Å². The number of nitrogens with two attached hydrogens (primary N) is 1. The molecule has 5 aromatic rings. The van der Waals surface area contributed by atoms with Crippen molar-refractivity contribution in [3.63, 3.8) is 0 Å². The number of thiazole rings is 1. The first kappa shape index (κ1) is 26.4. The number of halogens is 1. The van der Waals surface area contributed by atoms with Gasteiger partial charge in [0, 0.05) is 22.9 Å². The maximum Gasteiger partial charge on any atom is 0.355 e. The standard InChI is InChI=1S/C30H25FN4O3S2/c31-23-6-2-4-21(16-23)20-3-1-5-22(15-20)28-25(13-18-9-11-24(12-10-18)40(32)38)27(14-19-7-8-19)35(34-28)30-33-26(17-39-30)29(36)37/h1-6,9-12,15-17,19,38H,7-8,13-14,32H2/p+1. The molecule has 6 rings (SSSR count). The molecule has 1 atom stereocenters. The van der Waals surface area contributed by atoms with Crippen LogP contribution in [0.25, 0.3) is 27.5 Å². The van der Waals surface area contributed by atoms with Gasteiger partial charge in [-0.15, -0.1) is 16.5 Å². The normalized spacial score (nSPS) is 13.9. The Labute approximate surface area is 237 Å². The second kappa shape index (κ2) is 11.0. The van der Waals surface area contributed by atoms with Crippen molar-refractivity contribution in [1.29, 1.82) is 0 Å². The van der Waals surface area contributed by atoms with Crippen molar-refractivity contribution in [2.24, 2.45) is 11.1 Å². The van der Waals surface area contributed by atoms with Gasteiger partial charge in [-0.25, -0.2) is 18.9 Å². The van der Waals surface area contributed by atoms with Crippen molar-refractivity contribution >= 4 is 28.7 Å². The van der Waals surface area contributed by atoms with Gasteiger partial charge in [-0.2, -0.15) is 9.65 Å². The lowest BCUT2D eigenvalue weighted by Crippen LogP contribution is -2.11. The highest BCUT2D eigenvalue weighted by Gasteiger charge is 2.29. The van der Waals surface area contributed by atoms with E-state index in [9.17, 15) is 18.8 Å². The van der Waals surface area contributed by atoms with Crippen LogP contribution in [0.1, 0.15) is 40.2 Å². The molecular weight excluding hydrogens is 547 g/mol. The minimum atomic E-state index is -1.31. The van der Waals surface area contributed by atoms with E-state index in [0.717, 1.165) is 58.5 Å². The number of carbonyl (C=O) groups is 1. The van der Waals surface area contributed by atoms with E-state index in [-0.39, 0.29) is 11.5 Å². The van der Waals surface area contributed by atoms with Crippen LogP contribution < -0.4 is 5.14 Å². The molecule has 40 heavy (non-hydrogen) atoms. The van der Waals surface area contributed by atoms with Gasteiger partial charge < -0.3 is 5.11 Å². The summed E-state index contributed by atoms with van der Waals surface area (Å²) in [6, 6.07) is 21.9. The molecule has 0 radical (unpaired) electrons. The molecule has 1 aliphatic rings. The Kier molecular flexibility index (Phi) is 7.24. The maximum absolute atomic E-state index is 14.0. The summed E-state index contributed by atoms with van der Waals surface area (Å²) in [6.07, 6.45) is 3.65. The number of aromatic carboxylic acids is 1. The summed E-state index contributed by atoms with van der Waals surface area (Å²) in [4.78, 5) is 16.6. The molecule has 1 aliphatic carbocycles. The predicted octanol–water partition coefficient (Wildman–Crippen LogP) is 6.37. The SMILES string of the molecule is N[S+](O)c1ccc(Cc2c(-c3cccc(-c4cccc(F)c4)c3)nn(-c3nc(C(=O)O)cs3)c2CC2CC2)cc1. The second-order valence-corrected chi connectivity index (χ2v) is 11.8. The molecule has 1 unspecified atom stereocenters. The Balaban J connectivity index is 1.51. The van der Waals surface area contributed by atoms with Gasteiger partial charge in [-0.3, -0.25) is 0 Å².